The molecule has 2 N–H and O–H groups in total. The molecule has 0 bridgehead atoms. The third-order valence-corrected chi connectivity index (χ3v) is 7.71. The van der Waals surface area contributed by atoms with E-state index in [1.807, 2.05) is 0 Å². The Morgan fingerprint density at radius 2 is 1.76 bits per heavy atom. The third kappa shape index (κ3) is 3.63. The van der Waals surface area contributed by atoms with Gasteiger partial charge in [-0.15, -0.1) is 0 Å². The fraction of sp³-hybridized carbons (Fsp3) is 0.167. The van der Waals surface area contributed by atoms with Crippen molar-refractivity contribution in [2.24, 2.45) is 0 Å². The van der Waals surface area contributed by atoms with Crippen molar-refractivity contribution in [2.75, 3.05) is 7.05 Å². The van der Waals surface area contributed by atoms with E-state index >= 15 is 0 Å². The summed E-state index contributed by atoms with van der Waals surface area (Å²) in [6.07, 6.45) is -0.498. The zero-order valence-electron chi connectivity index (χ0n) is 15.4. The Labute approximate surface area is 166 Å². The Morgan fingerprint density at radius 3 is 2.38 bits per heavy atom. The molecule has 11 heteroatoms. The van der Waals surface area contributed by atoms with Gasteiger partial charge in [-0.1, -0.05) is 6.07 Å². The standard InChI is InChI=1S/C18H17FN2O6S2/c1-11-15(10-18(22)23)16-8-12(19)6-7-17(16)21(11)29(26,27)14-5-3-4-13(9-14)28(24,25)20-2/h3-9,20H,10H2,1-2H3,(H,22,23). The molecule has 0 spiro atoms. The lowest BCUT2D eigenvalue weighted by atomic mass is 10.1. The molecule has 0 fully saturated rings. The van der Waals surface area contributed by atoms with Crippen LogP contribution in [0.1, 0.15) is 11.3 Å². The van der Waals surface area contributed by atoms with Gasteiger partial charge in [0.1, 0.15) is 5.82 Å². The number of hydrogen-bond acceptors (Lipinski definition) is 5. The molecule has 0 unspecified atom stereocenters. The largest absolute Gasteiger partial charge is 0.481 e. The van der Waals surface area contributed by atoms with Crippen LogP contribution < -0.4 is 4.72 Å². The minimum atomic E-state index is -4.31. The van der Waals surface area contributed by atoms with Crippen LogP contribution in [-0.2, 0) is 31.3 Å². The number of carboxylic acids is 1. The monoisotopic (exact) mass is 440 g/mol. The molecule has 154 valence electrons. The van der Waals surface area contributed by atoms with Gasteiger partial charge >= 0.3 is 5.97 Å². The Hall–Kier alpha value is -2.76. The van der Waals surface area contributed by atoms with Crippen molar-refractivity contribution < 1.29 is 31.1 Å². The van der Waals surface area contributed by atoms with Gasteiger partial charge in [0.15, 0.2) is 0 Å². The van der Waals surface area contributed by atoms with Gasteiger partial charge in [0, 0.05) is 11.1 Å². The molecular formula is C18H17FN2O6S2. The second-order valence-electron chi connectivity index (χ2n) is 6.25. The maximum absolute atomic E-state index is 13.8. The highest BCUT2D eigenvalue weighted by Crippen LogP contribution is 2.31. The molecule has 2 aromatic carbocycles. The summed E-state index contributed by atoms with van der Waals surface area (Å²) in [5, 5.41) is 9.34. The lowest BCUT2D eigenvalue weighted by molar-refractivity contribution is -0.136. The molecule has 1 heterocycles. The average Bonchev–Trinajstić information content (AvgIpc) is 2.93. The third-order valence-electron chi connectivity index (χ3n) is 4.49. The van der Waals surface area contributed by atoms with E-state index in [4.69, 9.17) is 0 Å². The van der Waals surface area contributed by atoms with Gasteiger partial charge in [-0.25, -0.2) is 29.9 Å². The van der Waals surface area contributed by atoms with E-state index in [-0.39, 0.29) is 32.0 Å². The first-order valence-corrected chi connectivity index (χ1v) is 11.2. The minimum Gasteiger partial charge on any atom is -0.481 e. The molecule has 0 aliphatic rings. The normalized spacial score (nSPS) is 12.4. The molecule has 0 saturated carbocycles. The van der Waals surface area contributed by atoms with E-state index < -0.39 is 38.3 Å². The van der Waals surface area contributed by atoms with Gasteiger partial charge < -0.3 is 5.11 Å². The van der Waals surface area contributed by atoms with Crippen molar-refractivity contribution in [3.63, 3.8) is 0 Å². The summed E-state index contributed by atoms with van der Waals surface area (Å²) in [5.41, 5.74) is 0.367. The number of carbonyl (C=O) groups is 1. The second-order valence-corrected chi connectivity index (χ2v) is 9.92. The molecule has 0 aliphatic heterocycles. The lowest BCUT2D eigenvalue weighted by Crippen LogP contribution is -2.20. The van der Waals surface area contributed by atoms with Crippen molar-refractivity contribution in [3.05, 3.63) is 59.5 Å². The highest BCUT2D eigenvalue weighted by molar-refractivity contribution is 7.90. The van der Waals surface area contributed by atoms with E-state index in [1.165, 1.54) is 38.2 Å². The molecule has 3 aromatic rings. The van der Waals surface area contributed by atoms with Crippen LogP contribution in [0.4, 0.5) is 4.39 Å². The molecule has 0 radical (unpaired) electrons. The van der Waals surface area contributed by atoms with Crippen molar-refractivity contribution in [2.45, 2.75) is 23.1 Å². The van der Waals surface area contributed by atoms with E-state index in [1.54, 1.807) is 0 Å². The molecule has 0 saturated heterocycles. The fourth-order valence-electron chi connectivity index (χ4n) is 3.13. The Kier molecular flexibility index (Phi) is 5.24. The van der Waals surface area contributed by atoms with E-state index in [0.717, 1.165) is 22.2 Å². The summed E-state index contributed by atoms with van der Waals surface area (Å²) in [7, 11) is -6.99. The molecular weight excluding hydrogens is 423 g/mol. The molecule has 0 atom stereocenters. The first-order chi connectivity index (χ1) is 13.5. The quantitative estimate of drug-likeness (QED) is 0.603. The average molecular weight is 440 g/mol. The van der Waals surface area contributed by atoms with Crippen LogP contribution in [0.2, 0.25) is 0 Å². The fourth-order valence-corrected chi connectivity index (χ4v) is 5.61. The first kappa shape index (κ1) is 21.0. The number of halogens is 1. The second kappa shape index (κ2) is 7.25. The summed E-state index contributed by atoms with van der Waals surface area (Å²) < 4.78 is 67.5. The number of nitrogens with zero attached hydrogens (tertiary/aromatic N) is 1. The smallest absolute Gasteiger partial charge is 0.307 e. The molecule has 0 amide bonds. The number of carboxylic acid groups (broad SMARTS) is 1. The topological polar surface area (TPSA) is 123 Å². The predicted octanol–water partition coefficient (Wildman–Crippen LogP) is 1.86. The minimum absolute atomic E-state index is 0.0991. The van der Waals surface area contributed by atoms with Gasteiger partial charge in [0.2, 0.25) is 10.0 Å². The number of benzene rings is 2. The van der Waals surface area contributed by atoms with Crippen LogP contribution in [0.25, 0.3) is 10.9 Å². The van der Waals surface area contributed by atoms with Gasteiger partial charge in [0.05, 0.1) is 21.7 Å². The van der Waals surface area contributed by atoms with Crippen molar-refractivity contribution in [1.29, 1.82) is 0 Å². The summed E-state index contributed by atoms with van der Waals surface area (Å²) in [6.45, 7) is 1.42. The molecule has 29 heavy (non-hydrogen) atoms. The van der Waals surface area contributed by atoms with Gasteiger partial charge in [-0.3, -0.25) is 4.79 Å². The maximum Gasteiger partial charge on any atom is 0.307 e. The number of rotatable bonds is 6. The van der Waals surface area contributed by atoms with Crippen LogP contribution in [-0.4, -0.2) is 38.9 Å². The summed E-state index contributed by atoms with van der Waals surface area (Å²) in [6, 6.07) is 8.17. The molecule has 0 aliphatic carbocycles. The van der Waals surface area contributed by atoms with Gasteiger partial charge in [-0.05, 0) is 55.9 Å². The van der Waals surface area contributed by atoms with Crippen molar-refractivity contribution >= 4 is 36.9 Å². The number of hydrogen-bond donors (Lipinski definition) is 2. The van der Waals surface area contributed by atoms with Crippen LogP contribution >= 0.6 is 0 Å². The summed E-state index contributed by atoms with van der Waals surface area (Å²) >= 11 is 0. The SMILES string of the molecule is CNS(=O)(=O)c1cccc(S(=O)(=O)n2c(C)c(CC(=O)O)c3cc(F)ccc32)c1. The van der Waals surface area contributed by atoms with Gasteiger partial charge in [0.25, 0.3) is 10.0 Å². The molecule has 1 aromatic heterocycles. The van der Waals surface area contributed by atoms with E-state index in [9.17, 15) is 31.1 Å². The molecule has 3 rings (SSSR count). The number of fused-ring (bicyclic) bond motifs is 1. The lowest BCUT2D eigenvalue weighted by Gasteiger charge is -2.12. The highest BCUT2D eigenvalue weighted by Gasteiger charge is 2.27. The van der Waals surface area contributed by atoms with E-state index in [2.05, 4.69) is 4.72 Å². The van der Waals surface area contributed by atoms with E-state index in [0.29, 0.717) is 0 Å². The highest BCUT2D eigenvalue weighted by atomic mass is 32.2. The summed E-state index contributed by atoms with van der Waals surface area (Å²) in [4.78, 5) is 10.7. The zero-order chi connectivity index (χ0) is 21.6. The van der Waals surface area contributed by atoms with Gasteiger partial charge in [-0.2, -0.15) is 0 Å². The number of sulfonamides is 1. The Balaban J connectivity index is 2.32. The summed E-state index contributed by atoms with van der Waals surface area (Å²) in [5.74, 6) is -1.84. The maximum atomic E-state index is 13.8. The van der Waals surface area contributed by atoms with Crippen LogP contribution in [0.5, 0.6) is 0 Å². The Morgan fingerprint density at radius 1 is 1.10 bits per heavy atom. The first-order valence-electron chi connectivity index (χ1n) is 8.29. The number of nitrogens with one attached hydrogen (secondary N) is 1. The van der Waals surface area contributed by atoms with Crippen LogP contribution in [0, 0.1) is 12.7 Å². The van der Waals surface area contributed by atoms with Crippen molar-refractivity contribution in [3.8, 4) is 0 Å². The van der Waals surface area contributed by atoms with Crippen LogP contribution in [0.3, 0.4) is 0 Å². The predicted molar refractivity (Wildman–Crippen MR) is 103 cm³/mol. The molecule has 8 nitrogen and oxygen atoms in total. The number of aliphatic carboxylic acids is 1. The number of aromatic nitrogens is 1. The Bertz CT molecular complexity index is 1340. The zero-order valence-corrected chi connectivity index (χ0v) is 17.0. The van der Waals surface area contributed by atoms with Crippen LogP contribution in [0.15, 0.2) is 52.3 Å². The van der Waals surface area contributed by atoms with Crippen molar-refractivity contribution in [1.82, 2.24) is 8.69 Å².